The highest BCUT2D eigenvalue weighted by atomic mass is 19.2. The molecular weight excluding hydrogens is 326 g/mol. The van der Waals surface area contributed by atoms with Gasteiger partial charge in [0, 0.05) is 5.56 Å². The van der Waals surface area contributed by atoms with E-state index in [1.54, 1.807) is 0 Å². The van der Waals surface area contributed by atoms with Gasteiger partial charge < -0.3 is 10.4 Å². The molecule has 0 saturated carbocycles. The molecule has 0 bridgehead atoms. The van der Waals surface area contributed by atoms with Crippen molar-refractivity contribution >= 4 is 5.91 Å². The van der Waals surface area contributed by atoms with Gasteiger partial charge in [0.25, 0.3) is 0 Å². The van der Waals surface area contributed by atoms with E-state index in [0.29, 0.717) is 0 Å². The van der Waals surface area contributed by atoms with E-state index in [1.807, 2.05) is 0 Å². The van der Waals surface area contributed by atoms with E-state index in [4.69, 9.17) is 0 Å². The van der Waals surface area contributed by atoms with Gasteiger partial charge in [0.1, 0.15) is 11.6 Å². The monoisotopic (exact) mass is 341 g/mol. The second-order valence-electron chi connectivity index (χ2n) is 5.39. The summed E-state index contributed by atoms with van der Waals surface area (Å²) >= 11 is 0. The second-order valence-corrected chi connectivity index (χ2v) is 5.39. The molecule has 7 heteroatoms. The van der Waals surface area contributed by atoms with E-state index in [9.17, 15) is 27.5 Å². The quantitative estimate of drug-likeness (QED) is 0.822. The fraction of sp³-hybridized carbons (Fsp3) is 0.235. The van der Waals surface area contributed by atoms with Crippen molar-refractivity contribution in [3.8, 4) is 0 Å². The summed E-state index contributed by atoms with van der Waals surface area (Å²) in [5, 5.41) is 12.5. The van der Waals surface area contributed by atoms with Crippen molar-refractivity contribution in [3.63, 3.8) is 0 Å². The van der Waals surface area contributed by atoms with Crippen molar-refractivity contribution < 1.29 is 27.5 Å². The maximum absolute atomic E-state index is 13.5. The largest absolute Gasteiger partial charge is 0.386 e. The highest BCUT2D eigenvalue weighted by Gasteiger charge is 2.20. The van der Waals surface area contributed by atoms with E-state index in [-0.39, 0.29) is 11.1 Å². The van der Waals surface area contributed by atoms with Gasteiger partial charge in [-0.25, -0.2) is 17.6 Å². The van der Waals surface area contributed by atoms with Crippen molar-refractivity contribution in [2.75, 3.05) is 0 Å². The SMILES string of the molecule is CC(NC(=O)Cc1cc(F)ccc1F)C(O)c1ccc(F)c(F)c1. The van der Waals surface area contributed by atoms with E-state index >= 15 is 0 Å². The summed E-state index contributed by atoms with van der Waals surface area (Å²) in [7, 11) is 0. The minimum Gasteiger partial charge on any atom is -0.386 e. The summed E-state index contributed by atoms with van der Waals surface area (Å²) in [4.78, 5) is 11.9. The van der Waals surface area contributed by atoms with Gasteiger partial charge in [0.15, 0.2) is 11.6 Å². The number of nitrogens with one attached hydrogen (secondary N) is 1. The summed E-state index contributed by atoms with van der Waals surface area (Å²) < 4.78 is 52.7. The molecule has 2 rings (SSSR count). The number of carbonyl (C=O) groups is 1. The maximum atomic E-state index is 13.5. The van der Waals surface area contributed by atoms with Crippen molar-refractivity contribution in [1.82, 2.24) is 5.32 Å². The summed E-state index contributed by atoms with van der Waals surface area (Å²) in [6.45, 7) is 1.45. The minimum absolute atomic E-state index is 0.0821. The first-order chi connectivity index (χ1) is 11.3. The van der Waals surface area contributed by atoms with Crippen molar-refractivity contribution in [2.45, 2.75) is 25.5 Å². The zero-order valence-electron chi connectivity index (χ0n) is 12.7. The third-order valence-electron chi connectivity index (χ3n) is 3.51. The predicted octanol–water partition coefficient (Wildman–Crippen LogP) is 3.02. The molecule has 0 aliphatic carbocycles. The fourth-order valence-corrected chi connectivity index (χ4v) is 2.22. The molecule has 0 radical (unpaired) electrons. The number of aliphatic hydroxyl groups excluding tert-OH is 1. The third kappa shape index (κ3) is 4.32. The number of halogens is 4. The van der Waals surface area contributed by atoms with Crippen LogP contribution in [0.5, 0.6) is 0 Å². The maximum Gasteiger partial charge on any atom is 0.224 e. The number of amides is 1. The molecule has 0 saturated heterocycles. The first-order valence-electron chi connectivity index (χ1n) is 7.14. The van der Waals surface area contributed by atoms with E-state index in [1.165, 1.54) is 13.0 Å². The van der Waals surface area contributed by atoms with Crippen LogP contribution in [0, 0.1) is 23.3 Å². The molecule has 1 amide bonds. The van der Waals surface area contributed by atoms with Gasteiger partial charge in [0.05, 0.1) is 18.6 Å². The molecule has 0 heterocycles. The lowest BCUT2D eigenvalue weighted by Gasteiger charge is -2.21. The molecule has 0 fully saturated rings. The van der Waals surface area contributed by atoms with Crippen LogP contribution in [-0.2, 0) is 11.2 Å². The highest BCUT2D eigenvalue weighted by molar-refractivity contribution is 5.79. The second kappa shape index (κ2) is 7.44. The average Bonchev–Trinajstić information content (AvgIpc) is 2.52. The fourth-order valence-electron chi connectivity index (χ4n) is 2.22. The Kier molecular flexibility index (Phi) is 5.56. The Hall–Kier alpha value is -2.41. The summed E-state index contributed by atoms with van der Waals surface area (Å²) in [5.74, 6) is -4.21. The predicted molar refractivity (Wildman–Crippen MR) is 79.0 cm³/mol. The highest BCUT2D eigenvalue weighted by Crippen LogP contribution is 2.19. The van der Waals surface area contributed by atoms with Crippen LogP contribution in [0.25, 0.3) is 0 Å². The molecular formula is C17H15F4NO2. The van der Waals surface area contributed by atoms with Crippen LogP contribution in [-0.4, -0.2) is 17.1 Å². The van der Waals surface area contributed by atoms with Gasteiger partial charge in [-0.2, -0.15) is 0 Å². The van der Waals surface area contributed by atoms with Crippen molar-refractivity contribution in [2.24, 2.45) is 0 Å². The molecule has 2 N–H and O–H groups in total. The van der Waals surface area contributed by atoms with E-state index in [2.05, 4.69) is 5.32 Å². The number of hydrogen-bond acceptors (Lipinski definition) is 2. The molecule has 3 nitrogen and oxygen atoms in total. The molecule has 2 unspecified atom stereocenters. The standard InChI is InChI=1S/C17H15F4NO2/c1-9(17(24)10-2-4-14(20)15(21)7-10)22-16(23)8-11-6-12(18)3-5-13(11)19/h2-7,9,17,24H,8H2,1H3,(H,22,23). The molecule has 2 aromatic rings. The van der Waals surface area contributed by atoms with Gasteiger partial charge in [-0.1, -0.05) is 6.07 Å². The zero-order valence-corrected chi connectivity index (χ0v) is 12.7. The minimum atomic E-state index is -1.29. The molecule has 2 aromatic carbocycles. The Morgan fingerprint density at radius 3 is 2.38 bits per heavy atom. The van der Waals surface area contributed by atoms with Crippen LogP contribution in [0.1, 0.15) is 24.2 Å². The molecule has 0 aliphatic heterocycles. The van der Waals surface area contributed by atoms with Crippen LogP contribution in [0.15, 0.2) is 36.4 Å². The molecule has 0 aliphatic rings. The van der Waals surface area contributed by atoms with Gasteiger partial charge >= 0.3 is 0 Å². The Labute approximate surface area is 135 Å². The number of rotatable bonds is 5. The van der Waals surface area contributed by atoms with Crippen LogP contribution < -0.4 is 5.32 Å². The lowest BCUT2D eigenvalue weighted by Crippen LogP contribution is -2.38. The zero-order chi connectivity index (χ0) is 17.9. The first-order valence-corrected chi connectivity index (χ1v) is 7.14. The van der Waals surface area contributed by atoms with Crippen LogP contribution >= 0.6 is 0 Å². The lowest BCUT2D eigenvalue weighted by molar-refractivity contribution is -0.121. The van der Waals surface area contributed by atoms with Gasteiger partial charge in [-0.05, 0) is 42.8 Å². The van der Waals surface area contributed by atoms with E-state index < -0.39 is 47.7 Å². The lowest BCUT2D eigenvalue weighted by atomic mass is 10.0. The normalized spacial score (nSPS) is 13.4. The van der Waals surface area contributed by atoms with E-state index in [0.717, 1.165) is 30.3 Å². The smallest absolute Gasteiger partial charge is 0.224 e. The molecule has 0 spiro atoms. The number of carbonyl (C=O) groups excluding carboxylic acids is 1. The number of hydrogen-bond donors (Lipinski definition) is 2. The third-order valence-corrected chi connectivity index (χ3v) is 3.51. The van der Waals surface area contributed by atoms with Crippen LogP contribution in [0.4, 0.5) is 17.6 Å². The first kappa shape index (κ1) is 17.9. The summed E-state index contributed by atoms with van der Waals surface area (Å²) in [6, 6.07) is 4.80. The number of aliphatic hydroxyl groups is 1. The molecule has 0 aromatic heterocycles. The average molecular weight is 341 g/mol. The van der Waals surface area contributed by atoms with Gasteiger partial charge in [-0.15, -0.1) is 0 Å². The Morgan fingerprint density at radius 2 is 1.71 bits per heavy atom. The van der Waals surface area contributed by atoms with Crippen LogP contribution in [0.2, 0.25) is 0 Å². The summed E-state index contributed by atoms with van der Waals surface area (Å²) in [5.41, 5.74) is -0.0411. The summed E-state index contributed by atoms with van der Waals surface area (Å²) in [6.07, 6.45) is -1.71. The van der Waals surface area contributed by atoms with Gasteiger partial charge in [0.2, 0.25) is 5.91 Å². The molecule has 128 valence electrons. The van der Waals surface area contributed by atoms with Crippen molar-refractivity contribution in [3.05, 3.63) is 70.8 Å². The Balaban J connectivity index is 2.02. The van der Waals surface area contributed by atoms with Crippen LogP contribution in [0.3, 0.4) is 0 Å². The Morgan fingerprint density at radius 1 is 1.04 bits per heavy atom. The number of benzene rings is 2. The van der Waals surface area contributed by atoms with Crippen molar-refractivity contribution in [1.29, 1.82) is 0 Å². The topological polar surface area (TPSA) is 49.3 Å². The van der Waals surface area contributed by atoms with Gasteiger partial charge in [-0.3, -0.25) is 4.79 Å². The molecule has 2 atom stereocenters. The Bertz CT molecular complexity index is 751. The molecule has 24 heavy (non-hydrogen) atoms.